The predicted molar refractivity (Wildman–Crippen MR) is 174 cm³/mol. The molecule has 0 aromatic rings. The van der Waals surface area contributed by atoms with E-state index in [-0.39, 0.29) is 6.61 Å². The van der Waals surface area contributed by atoms with E-state index in [1.165, 1.54) is 88.8 Å². The lowest BCUT2D eigenvalue weighted by Crippen LogP contribution is -2.40. The highest BCUT2D eigenvalue weighted by atomic mass is 32.2. The molecule has 2 atom stereocenters. The second-order valence-electron chi connectivity index (χ2n) is 12.1. The Balaban J connectivity index is 4.45. The quantitative estimate of drug-likeness (QED) is 0.0517. The molecule has 0 fully saturated rings. The minimum absolute atomic E-state index is 0.0802. The molecule has 10 heteroatoms. The molecule has 0 aliphatic carbocycles. The van der Waals surface area contributed by atoms with Gasteiger partial charge in [-0.15, -0.1) is 0 Å². The Morgan fingerprint density at radius 3 is 1.62 bits per heavy atom. The molecular formula is C32H63N3O6S. The van der Waals surface area contributed by atoms with E-state index >= 15 is 0 Å². The molecule has 42 heavy (non-hydrogen) atoms. The SMILES string of the molecule is CCCCCCCCCCNC(=O)OC[C@@H](CSCC(N)C(=O)OC(C)(C)C)OC(=O)NCCCCCCCCCC. The van der Waals surface area contributed by atoms with Gasteiger partial charge in [0.25, 0.3) is 0 Å². The van der Waals surface area contributed by atoms with Crippen molar-refractivity contribution < 1.29 is 28.6 Å². The molecule has 0 rings (SSSR count). The zero-order valence-electron chi connectivity index (χ0n) is 27.4. The standard InChI is InChI=1S/C32H63N3O6S/c1-6-8-10-12-14-16-18-20-22-34-30(37)39-24-27(25-42-26-28(33)29(36)41-32(3,4)5)40-31(38)35-23-21-19-17-15-13-11-9-7-2/h27-28H,6-26,33H2,1-5H3,(H,34,37)(H,35,38)/t27-,28?/m0/s1. The molecule has 0 spiro atoms. The van der Waals surface area contributed by atoms with E-state index in [2.05, 4.69) is 24.5 Å². The highest BCUT2D eigenvalue weighted by molar-refractivity contribution is 7.99. The van der Waals surface area contributed by atoms with Gasteiger partial charge < -0.3 is 30.6 Å². The number of hydrogen-bond acceptors (Lipinski definition) is 8. The van der Waals surface area contributed by atoms with E-state index < -0.39 is 35.9 Å². The Kier molecular flexibility index (Phi) is 25.8. The zero-order chi connectivity index (χ0) is 31.5. The van der Waals surface area contributed by atoms with Crippen LogP contribution >= 0.6 is 11.8 Å². The number of nitrogens with two attached hydrogens (primary N) is 1. The molecule has 0 radical (unpaired) electrons. The van der Waals surface area contributed by atoms with Crippen LogP contribution < -0.4 is 16.4 Å². The van der Waals surface area contributed by atoms with Crippen LogP contribution in [0.4, 0.5) is 9.59 Å². The molecule has 2 amide bonds. The van der Waals surface area contributed by atoms with Crippen LogP contribution in [-0.4, -0.2) is 67.1 Å². The van der Waals surface area contributed by atoms with Gasteiger partial charge in [-0.25, -0.2) is 9.59 Å². The highest BCUT2D eigenvalue weighted by Crippen LogP contribution is 2.13. The number of hydrogen-bond donors (Lipinski definition) is 3. The van der Waals surface area contributed by atoms with Gasteiger partial charge in [-0.05, 0) is 33.6 Å². The number of nitrogens with one attached hydrogen (secondary N) is 2. The van der Waals surface area contributed by atoms with Crippen LogP contribution in [0.15, 0.2) is 0 Å². The number of rotatable bonds is 26. The Hall–Kier alpha value is -1.68. The van der Waals surface area contributed by atoms with E-state index in [4.69, 9.17) is 19.9 Å². The van der Waals surface area contributed by atoms with Gasteiger partial charge in [0, 0.05) is 24.6 Å². The van der Waals surface area contributed by atoms with Gasteiger partial charge in [0.05, 0.1) is 0 Å². The van der Waals surface area contributed by atoms with Crippen LogP contribution in [-0.2, 0) is 19.0 Å². The lowest BCUT2D eigenvalue weighted by Gasteiger charge is -2.22. The summed E-state index contributed by atoms with van der Waals surface area (Å²) in [5.41, 5.74) is 5.37. The molecule has 0 saturated carbocycles. The number of esters is 1. The first kappa shape index (κ1) is 40.3. The van der Waals surface area contributed by atoms with Gasteiger partial charge in [0.2, 0.25) is 0 Å². The number of carbonyl (C=O) groups excluding carboxylic acids is 3. The summed E-state index contributed by atoms with van der Waals surface area (Å²) in [6.45, 7) is 10.8. The van der Waals surface area contributed by atoms with Crippen LogP contribution in [0.3, 0.4) is 0 Å². The number of ether oxygens (including phenoxy) is 3. The third kappa shape index (κ3) is 27.2. The Morgan fingerprint density at radius 1 is 0.690 bits per heavy atom. The Labute approximate surface area is 260 Å². The molecule has 0 aliphatic heterocycles. The Bertz CT molecular complexity index is 690. The fourth-order valence-electron chi connectivity index (χ4n) is 4.20. The zero-order valence-corrected chi connectivity index (χ0v) is 28.3. The molecule has 0 aromatic carbocycles. The maximum Gasteiger partial charge on any atom is 0.407 e. The number of carbonyl (C=O) groups is 3. The Morgan fingerprint density at radius 2 is 1.14 bits per heavy atom. The first-order valence-corrected chi connectivity index (χ1v) is 17.7. The summed E-state index contributed by atoms with van der Waals surface area (Å²) in [5, 5.41) is 5.58. The van der Waals surface area contributed by atoms with Crippen molar-refractivity contribution in [2.24, 2.45) is 5.73 Å². The van der Waals surface area contributed by atoms with Gasteiger partial charge in [-0.3, -0.25) is 4.79 Å². The molecular weight excluding hydrogens is 554 g/mol. The van der Waals surface area contributed by atoms with Crippen molar-refractivity contribution in [3.63, 3.8) is 0 Å². The topological polar surface area (TPSA) is 129 Å². The van der Waals surface area contributed by atoms with E-state index in [1.807, 2.05) is 0 Å². The minimum Gasteiger partial charge on any atom is -0.459 e. The van der Waals surface area contributed by atoms with Crippen LogP contribution in [0.2, 0.25) is 0 Å². The third-order valence-electron chi connectivity index (χ3n) is 6.58. The second kappa shape index (κ2) is 26.9. The lowest BCUT2D eigenvalue weighted by atomic mass is 10.1. The van der Waals surface area contributed by atoms with E-state index in [0.717, 1.165) is 25.7 Å². The first-order valence-electron chi connectivity index (χ1n) is 16.5. The van der Waals surface area contributed by atoms with Gasteiger partial charge >= 0.3 is 18.2 Å². The van der Waals surface area contributed by atoms with Crippen molar-refractivity contribution in [2.75, 3.05) is 31.2 Å². The van der Waals surface area contributed by atoms with Crippen LogP contribution in [0.5, 0.6) is 0 Å². The number of unbranched alkanes of at least 4 members (excludes halogenated alkanes) is 14. The summed E-state index contributed by atoms with van der Waals surface area (Å²) in [4.78, 5) is 36.8. The summed E-state index contributed by atoms with van der Waals surface area (Å²) in [5.74, 6) is 0.138. The molecule has 0 heterocycles. The fourth-order valence-corrected chi connectivity index (χ4v) is 5.15. The normalized spacial score (nSPS) is 12.8. The summed E-state index contributed by atoms with van der Waals surface area (Å²) < 4.78 is 16.2. The molecule has 9 nitrogen and oxygen atoms in total. The van der Waals surface area contributed by atoms with Crippen molar-refractivity contribution >= 4 is 29.9 Å². The summed E-state index contributed by atoms with van der Waals surface area (Å²) in [7, 11) is 0. The maximum atomic E-state index is 12.4. The van der Waals surface area contributed by atoms with Gasteiger partial charge in [0.15, 0.2) is 0 Å². The van der Waals surface area contributed by atoms with Crippen molar-refractivity contribution in [3.8, 4) is 0 Å². The minimum atomic E-state index is -0.804. The predicted octanol–water partition coefficient (Wildman–Crippen LogP) is 7.49. The average Bonchev–Trinajstić information content (AvgIpc) is 2.93. The molecule has 1 unspecified atom stereocenters. The third-order valence-corrected chi connectivity index (χ3v) is 7.79. The summed E-state index contributed by atoms with van der Waals surface area (Å²) in [6.07, 6.45) is 17.2. The maximum absolute atomic E-state index is 12.4. The van der Waals surface area contributed by atoms with Gasteiger partial charge in [-0.1, -0.05) is 104 Å². The van der Waals surface area contributed by atoms with E-state index in [1.54, 1.807) is 20.8 Å². The number of thioether (sulfide) groups is 1. The van der Waals surface area contributed by atoms with Gasteiger partial charge in [-0.2, -0.15) is 11.8 Å². The largest absolute Gasteiger partial charge is 0.459 e. The van der Waals surface area contributed by atoms with Crippen molar-refractivity contribution in [1.29, 1.82) is 0 Å². The average molecular weight is 618 g/mol. The smallest absolute Gasteiger partial charge is 0.407 e. The molecule has 4 N–H and O–H groups in total. The second-order valence-corrected chi connectivity index (χ2v) is 13.2. The molecule has 248 valence electrons. The summed E-state index contributed by atoms with van der Waals surface area (Å²) >= 11 is 1.35. The van der Waals surface area contributed by atoms with Crippen molar-refractivity contribution in [3.05, 3.63) is 0 Å². The molecule has 0 aliphatic rings. The van der Waals surface area contributed by atoms with Crippen molar-refractivity contribution in [1.82, 2.24) is 10.6 Å². The number of amides is 2. The lowest BCUT2D eigenvalue weighted by molar-refractivity contribution is -0.155. The van der Waals surface area contributed by atoms with Crippen molar-refractivity contribution in [2.45, 2.75) is 155 Å². The van der Waals surface area contributed by atoms with Crippen LogP contribution in [0.1, 0.15) is 137 Å². The fraction of sp³-hybridized carbons (Fsp3) is 0.906. The van der Waals surface area contributed by atoms with E-state index in [0.29, 0.717) is 24.6 Å². The van der Waals surface area contributed by atoms with Crippen LogP contribution in [0.25, 0.3) is 0 Å². The van der Waals surface area contributed by atoms with Gasteiger partial charge in [0.1, 0.15) is 24.4 Å². The summed E-state index contributed by atoms with van der Waals surface area (Å²) in [6, 6.07) is -0.804. The van der Waals surface area contributed by atoms with E-state index in [9.17, 15) is 14.4 Å². The van der Waals surface area contributed by atoms with Crippen LogP contribution in [0, 0.1) is 0 Å². The molecule has 0 saturated heterocycles. The molecule has 0 bridgehead atoms. The first-order chi connectivity index (χ1) is 20.1. The highest BCUT2D eigenvalue weighted by Gasteiger charge is 2.23. The molecule has 0 aromatic heterocycles. The monoisotopic (exact) mass is 617 g/mol. The number of alkyl carbamates (subject to hydrolysis) is 2.